The van der Waals surface area contributed by atoms with Crippen LogP contribution in [0.2, 0.25) is 0 Å². The molecule has 0 aliphatic rings. The third-order valence-corrected chi connectivity index (χ3v) is 10.2. The molecule has 238 valence electrons. The van der Waals surface area contributed by atoms with Gasteiger partial charge >= 0.3 is 0 Å². The number of hydrogen-bond acceptors (Lipinski definition) is 3. The molecule has 0 spiro atoms. The monoisotopic (exact) mass is 652 g/mol. The maximum atomic E-state index is 6.31. The molecular weight excluding hydrogens is 625 g/mol. The van der Waals surface area contributed by atoms with E-state index in [1.165, 1.54) is 43.7 Å². The van der Waals surface area contributed by atoms with Gasteiger partial charge in [0.05, 0.1) is 28.3 Å². The van der Waals surface area contributed by atoms with Crippen molar-refractivity contribution in [1.82, 2.24) is 19.1 Å². The Hall–Kier alpha value is -6.98. The van der Waals surface area contributed by atoms with E-state index in [0.717, 1.165) is 44.5 Å². The first-order chi connectivity index (χ1) is 25.3. The van der Waals surface area contributed by atoms with Crippen molar-refractivity contribution in [2.24, 2.45) is 0 Å². The predicted molar refractivity (Wildman–Crippen MR) is 209 cm³/mol. The SMILES string of the molecule is c1ccc(-c2ccc3c4ccccc4n(-c4ccc5oc6cnc(-c7cccc(-n8c9ccccc9c9ccccc98)c7)nc6c5c4)c3c2)cc1. The number of nitrogens with zero attached hydrogens (tertiary/aromatic N) is 4. The van der Waals surface area contributed by atoms with Crippen LogP contribution < -0.4 is 0 Å². The second kappa shape index (κ2) is 10.8. The molecule has 4 heterocycles. The van der Waals surface area contributed by atoms with E-state index in [9.17, 15) is 0 Å². The van der Waals surface area contributed by atoms with Crippen molar-refractivity contribution in [3.8, 4) is 33.9 Å². The summed E-state index contributed by atoms with van der Waals surface area (Å²) in [5.74, 6) is 0.655. The number of para-hydroxylation sites is 3. The highest BCUT2D eigenvalue weighted by Gasteiger charge is 2.18. The minimum Gasteiger partial charge on any atom is -0.453 e. The van der Waals surface area contributed by atoms with Crippen molar-refractivity contribution in [2.45, 2.75) is 0 Å². The Morgan fingerprint density at radius 1 is 0.392 bits per heavy atom. The van der Waals surface area contributed by atoms with Gasteiger partial charge in [-0.2, -0.15) is 0 Å². The fraction of sp³-hybridized carbons (Fsp3) is 0. The molecule has 0 amide bonds. The lowest BCUT2D eigenvalue weighted by molar-refractivity contribution is 0.666. The molecule has 0 radical (unpaired) electrons. The molecule has 0 N–H and O–H groups in total. The maximum Gasteiger partial charge on any atom is 0.172 e. The summed E-state index contributed by atoms with van der Waals surface area (Å²) in [5.41, 5.74) is 12.3. The summed E-state index contributed by atoms with van der Waals surface area (Å²) < 4.78 is 11.0. The van der Waals surface area contributed by atoms with Gasteiger partial charge in [0.25, 0.3) is 0 Å². The number of fused-ring (bicyclic) bond motifs is 9. The molecule has 5 heteroatoms. The summed E-state index contributed by atoms with van der Waals surface area (Å²) in [6.45, 7) is 0. The Morgan fingerprint density at radius 3 is 1.73 bits per heavy atom. The number of aromatic nitrogens is 4. The Labute approximate surface area is 292 Å². The minimum absolute atomic E-state index is 0.655. The molecule has 11 aromatic rings. The average Bonchev–Trinajstić information content (AvgIpc) is 3.85. The Balaban J connectivity index is 1.08. The van der Waals surface area contributed by atoms with E-state index in [1.54, 1.807) is 6.20 Å². The molecular formula is C46H28N4O. The van der Waals surface area contributed by atoms with E-state index in [0.29, 0.717) is 11.4 Å². The van der Waals surface area contributed by atoms with Crippen molar-refractivity contribution in [1.29, 1.82) is 0 Å². The molecule has 11 rings (SSSR count). The molecule has 0 saturated heterocycles. The van der Waals surface area contributed by atoms with Crippen LogP contribution in [0.25, 0.3) is 99.6 Å². The predicted octanol–water partition coefficient (Wildman–Crippen LogP) is 11.9. The summed E-state index contributed by atoms with van der Waals surface area (Å²) in [6, 6.07) is 57.9. The molecule has 0 unspecified atom stereocenters. The molecule has 7 aromatic carbocycles. The summed E-state index contributed by atoms with van der Waals surface area (Å²) in [5, 5.41) is 5.86. The Morgan fingerprint density at radius 2 is 1.00 bits per heavy atom. The Bertz CT molecular complexity index is 3090. The number of rotatable bonds is 4. The fourth-order valence-corrected chi connectivity index (χ4v) is 7.87. The fourth-order valence-electron chi connectivity index (χ4n) is 7.87. The van der Waals surface area contributed by atoms with E-state index in [-0.39, 0.29) is 0 Å². The van der Waals surface area contributed by atoms with Crippen molar-refractivity contribution in [3.63, 3.8) is 0 Å². The first-order valence-electron chi connectivity index (χ1n) is 17.2. The lowest BCUT2D eigenvalue weighted by Gasteiger charge is -2.10. The van der Waals surface area contributed by atoms with Gasteiger partial charge in [-0.05, 0) is 65.7 Å². The van der Waals surface area contributed by atoms with Crippen LogP contribution in [-0.2, 0) is 0 Å². The van der Waals surface area contributed by atoms with Gasteiger partial charge in [0, 0.05) is 43.9 Å². The lowest BCUT2D eigenvalue weighted by Crippen LogP contribution is -1.96. The average molecular weight is 653 g/mol. The van der Waals surface area contributed by atoms with Gasteiger partial charge < -0.3 is 13.6 Å². The minimum atomic E-state index is 0.655. The second-order valence-corrected chi connectivity index (χ2v) is 13.1. The molecule has 0 aliphatic heterocycles. The summed E-state index contributed by atoms with van der Waals surface area (Å²) >= 11 is 0. The third kappa shape index (κ3) is 4.22. The standard InChI is InChI=1S/C46H28N4O/c1-2-11-29(12-3-1)30-21-23-37-36-17-6-9-20-41(36)50(42(37)26-30)33-22-24-43-38(27-33)45-44(51-43)28-47-46(48-45)31-13-10-14-32(25-31)49-39-18-7-4-15-34(39)35-16-5-8-19-40(35)49/h1-28H. The number of furan rings is 1. The van der Waals surface area contributed by atoms with Gasteiger partial charge in [0.15, 0.2) is 11.4 Å². The zero-order chi connectivity index (χ0) is 33.5. The van der Waals surface area contributed by atoms with Crippen molar-refractivity contribution in [3.05, 3.63) is 170 Å². The summed E-state index contributed by atoms with van der Waals surface area (Å²) in [7, 11) is 0. The summed E-state index contributed by atoms with van der Waals surface area (Å²) in [4.78, 5) is 9.95. The van der Waals surface area contributed by atoms with Crippen LogP contribution in [0.4, 0.5) is 0 Å². The van der Waals surface area contributed by atoms with Gasteiger partial charge in [-0.1, -0.05) is 109 Å². The second-order valence-electron chi connectivity index (χ2n) is 13.1. The molecule has 0 aliphatic carbocycles. The maximum absolute atomic E-state index is 6.31. The quantitative estimate of drug-likeness (QED) is 0.190. The van der Waals surface area contributed by atoms with Crippen molar-refractivity contribution in [2.75, 3.05) is 0 Å². The van der Waals surface area contributed by atoms with E-state index in [4.69, 9.17) is 14.4 Å². The molecule has 0 atom stereocenters. The van der Waals surface area contributed by atoms with Crippen LogP contribution in [0.5, 0.6) is 0 Å². The highest BCUT2D eigenvalue weighted by atomic mass is 16.3. The van der Waals surface area contributed by atoms with Crippen LogP contribution in [-0.4, -0.2) is 19.1 Å². The van der Waals surface area contributed by atoms with Gasteiger partial charge in [-0.15, -0.1) is 0 Å². The molecule has 0 saturated carbocycles. The molecule has 5 nitrogen and oxygen atoms in total. The normalized spacial score (nSPS) is 11.9. The number of hydrogen-bond donors (Lipinski definition) is 0. The van der Waals surface area contributed by atoms with E-state index in [1.807, 2.05) is 0 Å². The Kier molecular flexibility index (Phi) is 5.89. The lowest BCUT2D eigenvalue weighted by atomic mass is 10.0. The number of benzene rings is 7. The highest BCUT2D eigenvalue weighted by Crippen LogP contribution is 2.38. The van der Waals surface area contributed by atoms with Crippen LogP contribution in [0.3, 0.4) is 0 Å². The largest absolute Gasteiger partial charge is 0.453 e. The molecule has 0 fully saturated rings. The van der Waals surface area contributed by atoms with Gasteiger partial charge in [-0.25, -0.2) is 9.97 Å². The van der Waals surface area contributed by atoms with Crippen molar-refractivity contribution >= 4 is 65.7 Å². The molecule has 51 heavy (non-hydrogen) atoms. The zero-order valence-corrected chi connectivity index (χ0v) is 27.4. The summed E-state index contributed by atoms with van der Waals surface area (Å²) in [6.07, 6.45) is 1.80. The smallest absolute Gasteiger partial charge is 0.172 e. The van der Waals surface area contributed by atoms with Crippen LogP contribution in [0.1, 0.15) is 0 Å². The highest BCUT2D eigenvalue weighted by molar-refractivity contribution is 6.11. The first-order valence-corrected chi connectivity index (χ1v) is 17.2. The van der Waals surface area contributed by atoms with E-state index < -0.39 is 0 Å². The van der Waals surface area contributed by atoms with E-state index in [2.05, 4.69) is 173 Å². The molecule has 4 aromatic heterocycles. The topological polar surface area (TPSA) is 48.8 Å². The van der Waals surface area contributed by atoms with E-state index >= 15 is 0 Å². The van der Waals surface area contributed by atoms with Crippen LogP contribution in [0.15, 0.2) is 174 Å². The zero-order valence-electron chi connectivity index (χ0n) is 27.4. The van der Waals surface area contributed by atoms with Gasteiger partial charge in [-0.3, -0.25) is 0 Å². The first kappa shape index (κ1) is 27.9. The van der Waals surface area contributed by atoms with Crippen LogP contribution in [0, 0.1) is 0 Å². The van der Waals surface area contributed by atoms with Gasteiger partial charge in [0.1, 0.15) is 11.1 Å². The van der Waals surface area contributed by atoms with Gasteiger partial charge in [0.2, 0.25) is 0 Å². The third-order valence-electron chi connectivity index (χ3n) is 10.2. The molecule has 0 bridgehead atoms. The van der Waals surface area contributed by atoms with Crippen molar-refractivity contribution < 1.29 is 4.42 Å². The van der Waals surface area contributed by atoms with Crippen LogP contribution >= 0.6 is 0 Å².